The summed E-state index contributed by atoms with van der Waals surface area (Å²) >= 11 is 11.1. The van der Waals surface area contributed by atoms with Gasteiger partial charge >= 0.3 is 0 Å². The summed E-state index contributed by atoms with van der Waals surface area (Å²) in [7, 11) is 2.15. The Balaban J connectivity index is 2.12. The molecule has 1 fully saturated rings. The van der Waals surface area contributed by atoms with Crippen LogP contribution in [0.2, 0.25) is 5.02 Å². The summed E-state index contributed by atoms with van der Waals surface area (Å²) < 4.78 is 0. The van der Waals surface area contributed by atoms with Crippen molar-refractivity contribution in [3.05, 3.63) is 28.8 Å². The predicted molar refractivity (Wildman–Crippen MR) is 81.5 cm³/mol. The van der Waals surface area contributed by atoms with Crippen molar-refractivity contribution in [3.63, 3.8) is 0 Å². The number of anilines is 1. The van der Waals surface area contributed by atoms with E-state index < -0.39 is 0 Å². The number of piperidine rings is 1. The van der Waals surface area contributed by atoms with Crippen molar-refractivity contribution in [1.29, 1.82) is 0 Å². The first kappa shape index (κ1) is 13.6. The molecule has 1 aliphatic rings. The highest BCUT2D eigenvalue weighted by atomic mass is 35.5. The molecular weight excluding hydrogens is 266 g/mol. The Kier molecular flexibility index (Phi) is 4.43. The molecule has 2 rings (SSSR count). The van der Waals surface area contributed by atoms with Crippen LogP contribution in [0.1, 0.15) is 18.4 Å². The van der Waals surface area contributed by atoms with Crippen LogP contribution in [0.5, 0.6) is 0 Å². The van der Waals surface area contributed by atoms with Crippen LogP contribution in [0.25, 0.3) is 0 Å². The highest BCUT2D eigenvalue weighted by Crippen LogP contribution is 2.24. The van der Waals surface area contributed by atoms with Crippen LogP contribution in [-0.2, 0) is 0 Å². The summed E-state index contributed by atoms with van der Waals surface area (Å²) in [5, 5.41) is 4.21. The molecule has 0 aromatic heterocycles. The van der Waals surface area contributed by atoms with Gasteiger partial charge < -0.3 is 16.0 Å². The highest BCUT2D eigenvalue weighted by molar-refractivity contribution is 7.80. The van der Waals surface area contributed by atoms with E-state index in [1.54, 1.807) is 0 Å². The molecule has 0 saturated carbocycles. The SMILES string of the molecule is CN1CCC(Nc2cc(Cl)ccc2C(N)=S)CC1. The van der Waals surface area contributed by atoms with E-state index in [2.05, 4.69) is 17.3 Å². The number of benzene rings is 1. The average Bonchev–Trinajstić information content (AvgIpc) is 2.32. The van der Waals surface area contributed by atoms with Gasteiger partial charge in [0.15, 0.2) is 0 Å². The van der Waals surface area contributed by atoms with Gasteiger partial charge in [0.25, 0.3) is 0 Å². The first-order valence-electron chi connectivity index (χ1n) is 6.10. The fourth-order valence-electron chi connectivity index (χ4n) is 2.22. The normalized spacial score (nSPS) is 17.7. The minimum atomic E-state index is 0.405. The number of nitrogens with zero attached hydrogens (tertiary/aromatic N) is 1. The second-order valence-electron chi connectivity index (χ2n) is 4.78. The first-order chi connectivity index (χ1) is 8.56. The Labute approximate surface area is 118 Å². The standard InChI is InChI=1S/C13H18ClN3S/c1-17-6-4-10(5-7-17)16-12-8-9(14)2-3-11(12)13(15)18/h2-3,8,10,16H,4-7H2,1H3,(H2,15,18). The number of halogens is 1. The smallest absolute Gasteiger partial charge is 0.106 e. The van der Waals surface area contributed by atoms with Gasteiger partial charge in [-0.05, 0) is 51.2 Å². The maximum atomic E-state index is 6.03. The molecule has 1 aromatic rings. The average molecular weight is 284 g/mol. The van der Waals surface area contributed by atoms with Gasteiger partial charge in [0.1, 0.15) is 4.99 Å². The molecule has 3 N–H and O–H groups in total. The van der Waals surface area contributed by atoms with Crippen LogP contribution in [0.3, 0.4) is 0 Å². The number of nitrogens with two attached hydrogens (primary N) is 1. The van der Waals surface area contributed by atoms with Crippen molar-refractivity contribution in [1.82, 2.24) is 4.90 Å². The zero-order valence-corrected chi connectivity index (χ0v) is 12.0. The summed E-state index contributed by atoms with van der Waals surface area (Å²) in [4.78, 5) is 2.74. The van der Waals surface area contributed by atoms with E-state index >= 15 is 0 Å². The fraction of sp³-hybridized carbons (Fsp3) is 0.462. The molecule has 0 atom stereocenters. The largest absolute Gasteiger partial charge is 0.389 e. The van der Waals surface area contributed by atoms with Crippen molar-refractivity contribution in [2.24, 2.45) is 5.73 Å². The van der Waals surface area contributed by atoms with Gasteiger partial charge in [-0.1, -0.05) is 23.8 Å². The first-order valence-corrected chi connectivity index (χ1v) is 6.89. The van der Waals surface area contributed by atoms with E-state index in [1.165, 1.54) is 0 Å². The summed E-state index contributed by atoms with van der Waals surface area (Å²) in [6.45, 7) is 2.22. The quantitative estimate of drug-likeness (QED) is 0.837. The third kappa shape index (κ3) is 3.34. The summed E-state index contributed by atoms with van der Waals surface area (Å²) in [5.74, 6) is 0. The third-order valence-corrected chi connectivity index (χ3v) is 3.78. The van der Waals surface area contributed by atoms with Gasteiger partial charge in [0.05, 0.1) is 0 Å². The molecule has 3 nitrogen and oxygen atoms in total. The van der Waals surface area contributed by atoms with Gasteiger partial charge in [-0.3, -0.25) is 0 Å². The lowest BCUT2D eigenvalue weighted by atomic mass is 10.0. The Morgan fingerprint density at radius 2 is 2.11 bits per heavy atom. The maximum Gasteiger partial charge on any atom is 0.106 e. The Bertz CT molecular complexity index is 442. The molecule has 18 heavy (non-hydrogen) atoms. The number of hydrogen-bond acceptors (Lipinski definition) is 3. The number of thiocarbonyl (C=S) groups is 1. The molecule has 1 aromatic carbocycles. The third-order valence-electron chi connectivity index (χ3n) is 3.33. The second-order valence-corrected chi connectivity index (χ2v) is 5.65. The van der Waals surface area contributed by atoms with Crippen LogP contribution in [-0.4, -0.2) is 36.1 Å². The van der Waals surface area contributed by atoms with Gasteiger partial charge in [-0.25, -0.2) is 0 Å². The summed E-state index contributed by atoms with van der Waals surface area (Å²) in [5.41, 5.74) is 7.55. The zero-order valence-electron chi connectivity index (χ0n) is 10.4. The van der Waals surface area contributed by atoms with Crippen LogP contribution in [0.4, 0.5) is 5.69 Å². The van der Waals surface area contributed by atoms with Crippen molar-refractivity contribution < 1.29 is 0 Å². The van der Waals surface area contributed by atoms with Crippen LogP contribution < -0.4 is 11.1 Å². The fourth-order valence-corrected chi connectivity index (χ4v) is 2.57. The monoisotopic (exact) mass is 283 g/mol. The molecule has 0 aliphatic carbocycles. The minimum Gasteiger partial charge on any atom is -0.389 e. The molecule has 1 heterocycles. The lowest BCUT2D eigenvalue weighted by molar-refractivity contribution is 0.264. The number of hydrogen-bond donors (Lipinski definition) is 2. The topological polar surface area (TPSA) is 41.3 Å². The van der Waals surface area contributed by atoms with E-state index in [4.69, 9.17) is 29.6 Å². The molecular formula is C13H18ClN3S. The second kappa shape index (κ2) is 5.87. The van der Waals surface area contributed by atoms with E-state index in [-0.39, 0.29) is 0 Å². The van der Waals surface area contributed by atoms with Crippen molar-refractivity contribution in [3.8, 4) is 0 Å². The van der Waals surface area contributed by atoms with E-state index in [0.29, 0.717) is 16.1 Å². The summed E-state index contributed by atoms with van der Waals surface area (Å²) in [6.07, 6.45) is 2.25. The maximum absolute atomic E-state index is 6.03. The number of nitrogens with one attached hydrogen (secondary N) is 1. The van der Waals surface area contributed by atoms with E-state index in [1.807, 2.05) is 18.2 Å². The molecule has 0 unspecified atom stereocenters. The predicted octanol–water partition coefficient (Wildman–Crippen LogP) is 2.48. The molecule has 1 aliphatic heterocycles. The molecule has 98 valence electrons. The molecule has 0 spiro atoms. The number of rotatable bonds is 3. The van der Waals surface area contributed by atoms with Crippen LogP contribution in [0.15, 0.2) is 18.2 Å². The van der Waals surface area contributed by atoms with Crippen molar-refractivity contribution >= 4 is 34.5 Å². The Morgan fingerprint density at radius 3 is 2.72 bits per heavy atom. The molecule has 0 bridgehead atoms. The van der Waals surface area contributed by atoms with Gasteiger partial charge in [-0.2, -0.15) is 0 Å². The van der Waals surface area contributed by atoms with Crippen LogP contribution >= 0.6 is 23.8 Å². The molecule has 1 saturated heterocycles. The van der Waals surface area contributed by atoms with E-state index in [0.717, 1.165) is 37.2 Å². The molecule has 0 amide bonds. The van der Waals surface area contributed by atoms with Crippen molar-refractivity contribution in [2.45, 2.75) is 18.9 Å². The highest BCUT2D eigenvalue weighted by Gasteiger charge is 2.17. The number of likely N-dealkylation sites (tertiary alicyclic amines) is 1. The zero-order chi connectivity index (χ0) is 13.1. The van der Waals surface area contributed by atoms with Gasteiger partial charge in [0.2, 0.25) is 0 Å². The van der Waals surface area contributed by atoms with E-state index in [9.17, 15) is 0 Å². The Morgan fingerprint density at radius 1 is 1.44 bits per heavy atom. The minimum absolute atomic E-state index is 0.405. The van der Waals surface area contributed by atoms with Crippen molar-refractivity contribution in [2.75, 3.05) is 25.5 Å². The molecule has 5 heteroatoms. The van der Waals surface area contributed by atoms with Gasteiger partial charge in [-0.15, -0.1) is 0 Å². The lowest BCUT2D eigenvalue weighted by Gasteiger charge is -2.30. The molecule has 0 radical (unpaired) electrons. The lowest BCUT2D eigenvalue weighted by Crippen LogP contribution is -2.37. The summed E-state index contributed by atoms with van der Waals surface area (Å²) in [6, 6.07) is 6.06. The Hall–Kier alpha value is -0.840. The van der Waals surface area contributed by atoms with Gasteiger partial charge in [0, 0.05) is 22.3 Å². The van der Waals surface area contributed by atoms with Crippen LogP contribution in [0, 0.1) is 0 Å².